The molecule has 1 aromatic rings. The van der Waals surface area contributed by atoms with E-state index in [4.69, 9.17) is 0 Å². The molecule has 0 saturated heterocycles. The molecular formula is C15H25N3. The summed E-state index contributed by atoms with van der Waals surface area (Å²) >= 11 is 0. The zero-order valence-electron chi connectivity index (χ0n) is 11.2. The topological polar surface area (TPSA) is 29.9 Å². The Morgan fingerprint density at radius 1 is 1.17 bits per heavy atom. The van der Waals surface area contributed by atoms with Gasteiger partial charge in [-0.1, -0.05) is 12.8 Å². The highest BCUT2D eigenvalue weighted by Crippen LogP contribution is 2.43. The average molecular weight is 247 g/mol. The molecule has 0 radical (unpaired) electrons. The van der Waals surface area contributed by atoms with Crippen LogP contribution < -0.4 is 5.32 Å². The molecule has 0 bridgehead atoms. The normalized spacial score (nSPS) is 28.4. The van der Waals surface area contributed by atoms with Crippen molar-refractivity contribution in [2.75, 3.05) is 6.54 Å². The fraction of sp³-hybridized carbons (Fsp3) is 0.800. The molecule has 2 saturated carbocycles. The first-order chi connectivity index (χ1) is 8.92. The Balaban J connectivity index is 1.32. The first-order valence-corrected chi connectivity index (χ1v) is 7.61. The number of aromatic nitrogens is 2. The molecule has 2 unspecified atom stereocenters. The van der Waals surface area contributed by atoms with Crippen LogP contribution in [0.5, 0.6) is 0 Å². The minimum atomic E-state index is 0.798. The van der Waals surface area contributed by atoms with Crippen LogP contribution in [0.25, 0.3) is 0 Å². The Morgan fingerprint density at radius 2 is 2.11 bits per heavy atom. The molecular weight excluding hydrogens is 222 g/mol. The van der Waals surface area contributed by atoms with Crippen LogP contribution in [0.4, 0.5) is 0 Å². The quantitative estimate of drug-likeness (QED) is 0.783. The Bertz CT molecular complexity index is 343. The van der Waals surface area contributed by atoms with Gasteiger partial charge in [-0.3, -0.25) is 0 Å². The lowest BCUT2D eigenvalue weighted by atomic mass is 9.83. The molecule has 100 valence electrons. The van der Waals surface area contributed by atoms with Gasteiger partial charge in [0.15, 0.2) is 0 Å². The lowest BCUT2D eigenvalue weighted by molar-refractivity contribution is 0.260. The second-order valence-corrected chi connectivity index (χ2v) is 6.07. The maximum Gasteiger partial charge on any atom is 0.0945 e. The second kappa shape index (κ2) is 5.87. The summed E-state index contributed by atoms with van der Waals surface area (Å²) in [5, 5.41) is 3.76. The van der Waals surface area contributed by atoms with Crippen LogP contribution in [-0.2, 0) is 6.54 Å². The third-order valence-corrected chi connectivity index (χ3v) is 4.59. The van der Waals surface area contributed by atoms with Gasteiger partial charge in [0.05, 0.1) is 6.33 Å². The zero-order valence-corrected chi connectivity index (χ0v) is 11.2. The summed E-state index contributed by atoms with van der Waals surface area (Å²) in [6, 6.07) is 0.798. The van der Waals surface area contributed by atoms with Crippen molar-refractivity contribution in [3.05, 3.63) is 18.7 Å². The predicted octanol–water partition coefficient (Wildman–Crippen LogP) is 2.83. The molecule has 1 heterocycles. The summed E-state index contributed by atoms with van der Waals surface area (Å²) in [5.74, 6) is 2.14. The van der Waals surface area contributed by atoms with Gasteiger partial charge < -0.3 is 9.88 Å². The number of hydrogen-bond donors (Lipinski definition) is 1. The van der Waals surface area contributed by atoms with Crippen LogP contribution in [0.3, 0.4) is 0 Å². The molecule has 1 N–H and O–H groups in total. The van der Waals surface area contributed by atoms with Crippen molar-refractivity contribution in [1.82, 2.24) is 14.9 Å². The summed E-state index contributed by atoms with van der Waals surface area (Å²) in [6.07, 6.45) is 15.8. The van der Waals surface area contributed by atoms with Gasteiger partial charge in [-0.25, -0.2) is 4.98 Å². The molecule has 0 amide bonds. The Kier molecular flexibility index (Phi) is 3.99. The van der Waals surface area contributed by atoms with Gasteiger partial charge in [-0.05, 0) is 50.5 Å². The van der Waals surface area contributed by atoms with Gasteiger partial charge >= 0.3 is 0 Å². The van der Waals surface area contributed by atoms with Crippen molar-refractivity contribution in [3.8, 4) is 0 Å². The van der Waals surface area contributed by atoms with Crippen molar-refractivity contribution < 1.29 is 0 Å². The molecule has 3 heteroatoms. The maximum atomic E-state index is 4.07. The van der Waals surface area contributed by atoms with Crippen LogP contribution in [-0.4, -0.2) is 22.1 Å². The van der Waals surface area contributed by atoms with E-state index in [-0.39, 0.29) is 0 Å². The van der Waals surface area contributed by atoms with Crippen LogP contribution in [0.1, 0.15) is 44.9 Å². The number of aryl methyl sites for hydroxylation is 1. The monoisotopic (exact) mass is 247 g/mol. The van der Waals surface area contributed by atoms with Crippen molar-refractivity contribution in [2.24, 2.45) is 11.8 Å². The molecule has 3 nitrogen and oxygen atoms in total. The van der Waals surface area contributed by atoms with Gasteiger partial charge in [0.25, 0.3) is 0 Å². The van der Waals surface area contributed by atoms with Gasteiger partial charge in [-0.15, -0.1) is 0 Å². The molecule has 2 atom stereocenters. The van der Waals surface area contributed by atoms with E-state index in [0.717, 1.165) is 31.0 Å². The fourth-order valence-electron chi connectivity index (χ4n) is 3.40. The van der Waals surface area contributed by atoms with E-state index in [1.807, 2.05) is 18.7 Å². The van der Waals surface area contributed by atoms with Crippen molar-refractivity contribution in [3.63, 3.8) is 0 Å². The Labute approximate surface area is 110 Å². The molecule has 18 heavy (non-hydrogen) atoms. The van der Waals surface area contributed by atoms with Gasteiger partial charge in [0.1, 0.15) is 0 Å². The van der Waals surface area contributed by atoms with E-state index in [1.54, 1.807) is 0 Å². The molecule has 3 rings (SSSR count). The molecule has 0 aromatic carbocycles. The second-order valence-electron chi connectivity index (χ2n) is 6.07. The van der Waals surface area contributed by atoms with Crippen molar-refractivity contribution >= 4 is 0 Å². The zero-order chi connectivity index (χ0) is 12.2. The summed E-state index contributed by atoms with van der Waals surface area (Å²) in [5.41, 5.74) is 0. The molecule has 0 spiro atoms. The van der Waals surface area contributed by atoms with Crippen molar-refractivity contribution in [1.29, 1.82) is 0 Å². The highest BCUT2D eigenvalue weighted by atomic mass is 15.0. The van der Waals surface area contributed by atoms with E-state index in [2.05, 4.69) is 14.9 Å². The number of nitrogens with one attached hydrogen (secondary N) is 1. The molecule has 0 aliphatic heterocycles. The van der Waals surface area contributed by atoms with Crippen LogP contribution in [0.2, 0.25) is 0 Å². The van der Waals surface area contributed by atoms with Crippen LogP contribution >= 0.6 is 0 Å². The molecule has 1 aromatic heterocycles. The predicted molar refractivity (Wildman–Crippen MR) is 73.3 cm³/mol. The van der Waals surface area contributed by atoms with E-state index in [0.29, 0.717) is 0 Å². The van der Waals surface area contributed by atoms with E-state index in [1.165, 1.54) is 44.9 Å². The number of imidazole rings is 1. The minimum Gasteiger partial charge on any atom is -0.337 e. The highest BCUT2D eigenvalue weighted by Gasteiger charge is 2.34. The van der Waals surface area contributed by atoms with E-state index in [9.17, 15) is 0 Å². The SMILES string of the molecule is c1cn(CCCNC2CCCC(C3CC3)C2)cn1. The first-order valence-electron chi connectivity index (χ1n) is 7.61. The summed E-state index contributed by atoms with van der Waals surface area (Å²) in [7, 11) is 0. The van der Waals surface area contributed by atoms with Gasteiger partial charge in [0.2, 0.25) is 0 Å². The molecule has 2 aliphatic rings. The number of nitrogens with zero attached hydrogens (tertiary/aromatic N) is 2. The lowest BCUT2D eigenvalue weighted by Gasteiger charge is -2.30. The van der Waals surface area contributed by atoms with Crippen LogP contribution in [0, 0.1) is 11.8 Å². The molecule has 2 aliphatic carbocycles. The first kappa shape index (κ1) is 12.2. The van der Waals surface area contributed by atoms with Gasteiger partial charge in [-0.2, -0.15) is 0 Å². The Hall–Kier alpha value is -0.830. The standard InChI is InChI=1S/C15H25N3/c1-3-14(13-5-6-13)11-15(4-1)17-7-2-9-18-10-8-16-12-18/h8,10,12-15,17H,1-7,9,11H2. The fourth-order valence-corrected chi connectivity index (χ4v) is 3.40. The third kappa shape index (κ3) is 3.35. The lowest BCUT2D eigenvalue weighted by Crippen LogP contribution is -2.35. The Morgan fingerprint density at radius 3 is 2.89 bits per heavy atom. The molecule has 2 fully saturated rings. The number of rotatable bonds is 6. The largest absolute Gasteiger partial charge is 0.337 e. The number of hydrogen-bond acceptors (Lipinski definition) is 2. The smallest absolute Gasteiger partial charge is 0.0945 e. The van der Waals surface area contributed by atoms with Gasteiger partial charge in [0, 0.05) is 25.0 Å². The summed E-state index contributed by atoms with van der Waals surface area (Å²) in [4.78, 5) is 4.07. The maximum absolute atomic E-state index is 4.07. The minimum absolute atomic E-state index is 0.798. The van der Waals surface area contributed by atoms with E-state index >= 15 is 0 Å². The van der Waals surface area contributed by atoms with Crippen LogP contribution in [0.15, 0.2) is 18.7 Å². The summed E-state index contributed by atoms with van der Waals surface area (Å²) < 4.78 is 2.16. The van der Waals surface area contributed by atoms with Crippen molar-refractivity contribution in [2.45, 2.75) is 57.5 Å². The highest BCUT2D eigenvalue weighted by molar-refractivity contribution is 4.87. The summed E-state index contributed by atoms with van der Waals surface area (Å²) in [6.45, 7) is 2.24. The third-order valence-electron chi connectivity index (χ3n) is 4.59. The van der Waals surface area contributed by atoms with E-state index < -0.39 is 0 Å². The average Bonchev–Trinajstić information content (AvgIpc) is 3.13.